The van der Waals surface area contributed by atoms with Crippen molar-refractivity contribution in [2.24, 2.45) is 5.73 Å². The third-order valence-corrected chi connectivity index (χ3v) is 3.55. The molecule has 0 radical (unpaired) electrons. The first-order valence-corrected chi connectivity index (χ1v) is 6.89. The van der Waals surface area contributed by atoms with Crippen LogP contribution in [0.1, 0.15) is 18.9 Å². The molecule has 2 nitrogen and oxygen atoms in total. The van der Waals surface area contributed by atoms with E-state index >= 15 is 0 Å². The van der Waals surface area contributed by atoms with E-state index in [4.69, 9.17) is 5.73 Å². The van der Waals surface area contributed by atoms with Crippen LogP contribution in [-0.2, 0) is 6.42 Å². The lowest BCUT2D eigenvalue weighted by Gasteiger charge is -2.31. The maximum atomic E-state index is 12.9. The average Bonchev–Trinajstić information content (AvgIpc) is 2.49. The molecule has 0 heterocycles. The summed E-state index contributed by atoms with van der Waals surface area (Å²) in [7, 11) is 0. The van der Waals surface area contributed by atoms with Gasteiger partial charge in [0.1, 0.15) is 5.82 Å². The summed E-state index contributed by atoms with van der Waals surface area (Å²) in [6, 6.07) is 16.7. The Bertz CT molecular complexity index is 524. The zero-order chi connectivity index (χ0) is 14.4. The van der Waals surface area contributed by atoms with E-state index in [1.54, 1.807) is 12.1 Å². The van der Waals surface area contributed by atoms with Crippen molar-refractivity contribution in [2.45, 2.75) is 25.3 Å². The van der Waals surface area contributed by atoms with Gasteiger partial charge >= 0.3 is 0 Å². The first kappa shape index (κ1) is 14.5. The third-order valence-electron chi connectivity index (χ3n) is 3.55. The molecule has 3 N–H and O–H groups in total. The zero-order valence-corrected chi connectivity index (χ0v) is 11.8. The van der Waals surface area contributed by atoms with Gasteiger partial charge in [0.2, 0.25) is 0 Å². The smallest absolute Gasteiger partial charge is 0.123 e. The molecule has 3 heteroatoms. The molecule has 0 amide bonds. The van der Waals surface area contributed by atoms with E-state index in [0.29, 0.717) is 6.54 Å². The van der Waals surface area contributed by atoms with Gasteiger partial charge in [-0.1, -0.05) is 30.3 Å². The first-order valence-electron chi connectivity index (χ1n) is 6.89. The van der Waals surface area contributed by atoms with Gasteiger partial charge in [0.25, 0.3) is 0 Å². The molecule has 0 fully saturated rings. The van der Waals surface area contributed by atoms with E-state index < -0.39 is 0 Å². The Balaban J connectivity index is 1.99. The largest absolute Gasteiger partial charge is 0.379 e. The Kier molecular flexibility index (Phi) is 4.74. The summed E-state index contributed by atoms with van der Waals surface area (Å²) < 4.78 is 12.9. The molecule has 2 rings (SSSR count). The molecule has 0 bridgehead atoms. The van der Waals surface area contributed by atoms with Crippen molar-refractivity contribution in [1.29, 1.82) is 0 Å². The van der Waals surface area contributed by atoms with Crippen molar-refractivity contribution in [3.63, 3.8) is 0 Å². The van der Waals surface area contributed by atoms with Gasteiger partial charge in [0.15, 0.2) is 0 Å². The van der Waals surface area contributed by atoms with E-state index in [-0.39, 0.29) is 11.4 Å². The van der Waals surface area contributed by atoms with E-state index in [1.165, 1.54) is 17.7 Å². The van der Waals surface area contributed by atoms with E-state index in [0.717, 1.165) is 18.5 Å². The molecule has 0 spiro atoms. The molecule has 106 valence electrons. The van der Waals surface area contributed by atoms with Crippen LogP contribution in [0.15, 0.2) is 54.6 Å². The quantitative estimate of drug-likeness (QED) is 0.843. The number of nitrogens with two attached hydrogens (primary N) is 1. The fourth-order valence-corrected chi connectivity index (χ4v) is 2.16. The summed E-state index contributed by atoms with van der Waals surface area (Å²) in [4.78, 5) is 0. The van der Waals surface area contributed by atoms with Gasteiger partial charge in [-0.05, 0) is 49.6 Å². The van der Waals surface area contributed by atoms with Crippen molar-refractivity contribution in [3.05, 3.63) is 66.0 Å². The van der Waals surface area contributed by atoms with Crippen LogP contribution in [0.4, 0.5) is 10.1 Å². The minimum absolute atomic E-state index is 0.201. The summed E-state index contributed by atoms with van der Waals surface area (Å²) in [5, 5.41) is 3.41. The Morgan fingerprint density at radius 3 is 2.30 bits per heavy atom. The number of benzene rings is 2. The number of hydrogen-bond donors (Lipinski definition) is 2. The Labute approximate surface area is 119 Å². The lowest BCUT2D eigenvalue weighted by molar-refractivity contribution is 0.482. The molecule has 1 atom stereocenters. The number of nitrogens with one attached hydrogen (secondary N) is 1. The fourth-order valence-electron chi connectivity index (χ4n) is 2.16. The molecular formula is C17H21FN2. The topological polar surface area (TPSA) is 38.0 Å². The predicted molar refractivity (Wildman–Crippen MR) is 82.2 cm³/mol. The Hall–Kier alpha value is -1.87. The molecule has 2 aromatic carbocycles. The number of rotatable bonds is 6. The standard InChI is InChI=1S/C17H21FN2/c1-17(13-19,12-11-14-5-3-2-4-6-14)20-16-9-7-15(18)8-10-16/h2-10,20H,11-13,19H2,1H3. The van der Waals surface area contributed by atoms with Gasteiger partial charge < -0.3 is 11.1 Å². The highest BCUT2D eigenvalue weighted by molar-refractivity contribution is 5.45. The van der Waals surface area contributed by atoms with Crippen molar-refractivity contribution >= 4 is 5.69 Å². The number of hydrogen-bond acceptors (Lipinski definition) is 2. The third kappa shape index (κ3) is 4.07. The SMILES string of the molecule is CC(CN)(CCc1ccccc1)Nc1ccc(F)cc1. The van der Waals surface area contributed by atoms with Gasteiger partial charge in [0.05, 0.1) is 0 Å². The summed E-state index contributed by atoms with van der Waals surface area (Å²) in [5.74, 6) is -0.228. The van der Waals surface area contributed by atoms with Crippen LogP contribution < -0.4 is 11.1 Å². The summed E-state index contributed by atoms with van der Waals surface area (Å²) in [6.45, 7) is 2.62. The van der Waals surface area contributed by atoms with Crippen molar-refractivity contribution < 1.29 is 4.39 Å². The second-order valence-electron chi connectivity index (χ2n) is 5.38. The minimum atomic E-state index is -0.228. The maximum absolute atomic E-state index is 12.9. The van der Waals surface area contributed by atoms with Crippen LogP contribution >= 0.6 is 0 Å². The zero-order valence-electron chi connectivity index (χ0n) is 11.8. The van der Waals surface area contributed by atoms with Crippen molar-refractivity contribution in [2.75, 3.05) is 11.9 Å². The normalized spacial score (nSPS) is 13.8. The van der Waals surface area contributed by atoms with Crippen LogP contribution in [0.5, 0.6) is 0 Å². The molecule has 0 saturated heterocycles. The molecule has 0 aromatic heterocycles. The molecule has 0 saturated carbocycles. The van der Waals surface area contributed by atoms with Gasteiger partial charge in [-0.3, -0.25) is 0 Å². The minimum Gasteiger partial charge on any atom is -0.379 e. The van der Waals surface area contributed by atoms with Gasteiger partial charge in [0, 0.05) is 17.8 Å². The number of anilines is 1. The molecular weight excluding hydrogens is 251 g/mol. The number of aryl methyl sites for hydroxylation is 1. The second-order valence-corrected chi connectivity index (χ2v) is 5.38. The van der Waals surface area contributed by atoms with Crippen LogP contribution in [0, 0.1) is 5.82 Å². The van der Waals surface area contributed by atoms with E-state index in [9.17, 15) is 4.39 Å². The van der Waals surface area contributed by atoms with Gasteiger partial charge in [-0.2, -0.15) is 0 Å². The van der Waals surface area contributed by atoms with Crippen LogP contribution in [-0.4, -0.2) is 12.1 Å². The Morgan fingerprint density at radius 1 is 1.05 bits per heavy atom. The maximum Gasteiger partial charge on any atom is 0.123 e. The molecule has 2 aromatic rings. The highest BCUT2D eigenvalue weighted by Gasteiger charge is 2.21. The highest BCUT2D eigenvalue weighted by Crippen LogP contribution is 2.20. The van der Waals surface area contributed by atoms with E-state index in [2.05, 4.69) is 24.4 Å². The van der Waals surface area contributed by atoms with Gasteiger partial charge in [-0.15, -0.1) is 0 Å². The molecule has 0 aliphatic rings. The molecule has 0 aliphatic heterocycles. The monoisotopic (exact) mass is 272 g/mol. The summed E-state index contributed by atoms with van der Waals surface area (Å²) in [5.41, 5.74) is 7.91. The van der Waals surface area contributed by atoms with Gasteiger partial charge in [-0.25, -0.2) is 4.39 Å². The highest BCUT2D eigenvalue weighted by atomic mass is 19.1. The molecule has 0 aliphatic carbocycles. The first-order chi connectivity index (χ1) is 9.61. The van der Waals surface area contributed by atoms with E-state index in [1.807, 2.05) is 18.2 Å². The fraction of sp³-hybridized carbons (Fsp3) is 0.294. The summed E-state index contributed by atoms with van der Waals surface area (Å²) >= 11 is 0. The average molecular weight is 272 g/mol. The van der Waals surface area contributed by atoms with Crippen molar-refractivity contribution in [1.82, 2.24) is 0 Å². The molecule has 20 heavy (non-hydrogen) atoms. The molecule has 1 unspecified atom stereocenters. The summed E-state index contributed by atoms with van der Waals surface area (Å²) in [6.07, 6.45) is 1.88. The van der Waals surface area contributed by atoms with Crippen LogP contribution in [0.3, 0.4) is 0 Å². The second kappa shape index (κ2) is 6.53. The van der Waals surface area contributed by atoms with Crippen LogP contribution in [0.25, 0.3) is 0 Å². The lowest BCUT2D eigenvalue weighted by atomic mass is 9.93. The van der Waals surface area contributed by atoms with Crippen molar-refractivity contribution in [3.8, 4) is 0 Å². The predicted octanol–water partition coefficient (Wildman–Crippen LogP) is 3.59. The lowest BCUT2D eigenvalue weighted by Crippen LogP contribution is -2.43. The Morgan fingerprint density at radius 2 is 1.70 bits per heavy atom. The number of halogens is 1. The van der Waals surface area contributed by atoms with Crippen LogP contribution in [0.2, 0.25) is 0 Å².